The van der Waals surface area contributed by atoms with Crippen molar-refractivity contribution in [2.75, 3.05) is 7.05 Å². The summed E-state index contributed by atoms with van der Waals surface area (Å²) in [6.07, 6.45) is 7.99. The highest BCUT2D eigenvalue weighted by Gasteiger charge is 2.37. The Morgan fingerprint density at radius 3 is 2.62 bits per heavy atom. The lowest BCUT2D eigenvalue weighted by Crippen LogP contribution is -2.32. The van der Waals surface area contributed by atoms with Gasteiger partial charge in [-0.15, -0.1) is 0 Å². The molecule has 2 rings (SSSR count). The van der Waals surface area contributed by atoms with E-state index >= 15 is 0 Å². The number of halogens is 1. The molecule has 1 atom stereocenters. The number of rotatable bonds is 3. The van der Waals surface area contributed by atoms with Crippen molar-refractivity contribution < 1.29 is 4.39 Å². The van der Waals surface area contributed by atoms with Gasteiger partial charge in [0.15, 0.2) is 0 Å². The fraction of sp³-hybridized carbons (Fsp3) is 0.615. The Morgan fingerprint density at radius 2 is 2.06 bits per heavy atom. The molecule has 3 heteroatoms. The van der Waals surface area contributed by atoms with Gasteiger partial charge < -0.3 is 5.32 Å². The molecule has 0 spiro atoms. The zero-order valence-electron chi connectivity index (χ0n) is 9.96. The van der Waals surface area contributed by atoms with Crippen molar-refractivity contribution in [1.29, 1.82) is 0 Å². The van der Waals surface area contributed by atoms with Gasteiger partial charge in [0.1, 0.15) is 5.82 Å². The predicted octanol–water partition coefficient (Wildman–Crippen LogP) is 3.06. The standard InChI is InChI=1S/C13H19FN2/c1-13(5-3-4-6-13)12(15-2)10-7-11(14)9-16-8-10/h7-9,12,15H,3-6H2,1-2H3. The first-order valence-electron chi connectivity index (χ1n) is 5.93. The van der Waals surface area contributed by atoms with Crippen LogP contribution in [0.1, 0.15) is 44.2 Å². The topological polar surface area (TPSA) is 24.9 Å². The maximum atomic E-state index is 13.2. The molecule has 0 amide bonds. The van der Waals surface area contributed by atoms with Crippen molar-refractivity contribution in [3.8, 4) is 0 Å². The predicted molar refractivity (Wildman–Crippen MR) is 62.6 cm³/mol. The first-order chi connectivity index (χ1) is 7.65. The lowest BCUT2D eigenvalue weighted by Gasteiger charge is -2.34. The summed E-state index contributed by atoms with van der Waals surface area (Å²) in [5.41, 5.74) is 1.21. The summed E-state index contributed by atoms with van der Waals surface area (Å²) >= 11 is 0. The molecule has 0 bridgehead atoms. The summed E-state index contributed by atoms with van der Waals surface area (Å²) in [6, 6.07) is 1.80. The lowest BCUT2D eigenvalue weighted by molar-refractivity contribution is 0.233. The van der Waals surface area contributed by atoms with E-state index in [9.17, 15) is 4.39 Å². The number of hydrogen-bond donors (Lipinski definition) is 1. The van der Waals surface area contributed by atoms with E-state index < -0.39 is 0 Å². The van der Waals surface area contributed by atoms with Gasteiger partial charge in [-0.3, -0.25) is 4.98 Å². The number of pyridine rings is 1. The third-order valence-corrected chi connectivity index (χ3v) is 3.79. The van der Waals surface area contributed by atoms with Crippen molar-refractivity contribution in [1.82, 2.24) is 10.3 Å². The van der Waals surface area contributed by atoms with Crippen LogP contribution in [0.5, 0.6) is 0 Å². The Morgan fingerprint density at radius 1 is 1.38 bits per heavy atom. The van der Waals surface area contributed by atoms with Gasteiger partial charge in [-0.25, -0.2) is 4.39 Å². The molecule has 1 unspecified atom stereocenters. The van der Waals surface area contributed by atoms with Crippen LogP contribution in [0.25, 0.3) is 0 Å². The molecule has 88 valence electrons. The van der Waals surface area contributed by atoms with E-state index in [4.69, 9.17) is 0 Å². The summed E-state index contributed by atoms with van der Waals surface area (Å²) in [5.74, 6) is -0.251. The largest absolute Gasteiger partial charge is 0.312 e. The second-order valence-corrected chi connectivity index (χ2v) is 5.02. The second kappa shape index (κ2) is 4.50. The van der Waals surface area contributed by atoms with Crippen molar-refractivity contribution in [3.63, 3.8) is 0 Å². The van der Waals surface area contributed by atoms with Crippen molar-refractivity contribution in [3.05, 3.63) is 29.8 Å². The molecule has 1 N–H and O–H groups in total. The molecule has 1 aromatic heterocycles. The molecule has 1 aromatic rings. The van der Waals surface area contributed by atoms with Crippen LogP contribution in [0, 0.1) is 11.2 Å². The molecule has 0 aliphatic heterocycles. The average molecular weight is 222 g/mol. The van der Waals surface area contributed by atoms with Gasteiger partial charge in [-0.2, -0.15) is 0 Å². The van der Waals surface area contributed by atoms with E-state index in [0.717, 1.165) is 5.56 Å². The average Bonchev–Trinajstić information content (AvgIpc) is 2.67. The first-order valence-corrected chi connectivity index (χ1v) is 5.93. The van der Waals surface area contributed by atoms with Gasteiger partial charge in [0.25, 0.3) is 0 Å². The molecular formula is C13H19FN2. The lowest BCUT2D eigenvalue weighted by atomic mass is 9.78. The quantitative estimate of drug-likeness (QED) is 0.850. The Balaban J connectivity index is 2.28. The van der Waals surface area contributed by atoms with E-state index in [2.05, 4.69) is 17.2 Å². The maximum absolute atomic E-state index is 13.2. The normalized spacial score (nSPS) is 20.9. The van der Waals surface area contributed by atoms with Gasteiger partial charge in [0.2, 0.25) is 0 Å². The highest BCUT2D eigenvalue weighted by molar-refractivity contribution is 5.18. The highest BCUT2D eigenvalue weighted by atomic mass is 19.1. The minimum atomic E-state index is -0.251. The summed E-state index contributed by atoms with van der Waals surface area (Å²) in [4.78, 5) is 3.94. The zero-order valence-corrected chi connectivity index (χ0v) is 9.96. The maximum Gasteiger partial charge on any atom is 0.141 e. The molecule has 1 heterocycles. The number of nitrogens with zero attached hydrogens (tertiary/aromatic N) is 1. The Kier molecular flexibility index (Phi) is 3.24. The van der Waals surface area contributed by atoms with Crippen LogP contribution in [-0.4, -0.2) is 12.0 Å². The van der Waals surface area contributed by atoms with Crippen molar-refractivity contribution >= 4 is 0 Å². The third-order valence-electron chi connectivity index (χ3n) is 3.79. The van der Waals surface area contributed by atoms with E-state index in [-0.39, 0.29) is 17.3 Å². The molecule has 0 aromatic carbocycles. The van der Waals surface area contributed by atoms with Crippen molar-refractivity contribution in [2.45, 2.75) is 38.6 Å². The van der Waals surface area contributed by atoms with Gasteiger partial charge in [0.05, 0.1) is 6.20 Å². The minimum absolute atomic E-state index is 0.207. The van der Waals surface area contributed by atoms with Gasteiger partial charge >= 0.3 is 0 Å². The molecule has 2 nitrogen and oxygen atoms in total. The first kappa shape index (κ1) is 11.5. The van der Waals surface area contributed by atoms with E-state index in [1.807, 2.05) is 7.05 Å². The molecule has 0 radical (unpaired) electrons. The highest BCUT2D eigenvalue weighted by Crippen LogP contribution is 2.46. The van der Waals surface area contributed by atoms with Crippen LogP contribution in [0.4, 0.5) is 4.39 Å². The number of nitrogens with one attached hydrogen (secondary N) is 1. The number of hydrogen-bond acceptors (Lipinski definition) is 2. The fourth-order valence-electron chi connectivity index (χ4n) is 2.98. The van der Waals surface area contributed by atoms with Crippen LogP contribution < -0.4 is 5.32 Å². The van der Waals surface area contributed by atoms with Crippen LogP contribution in [0.15, 0.2) is 18.5 Å². The SMILES string of the molecule is CNC(c1cncc(F)c1)C1(C)CCCC1. The van der Waals surface area contributed by atoms with Crippen LogP contribution in [0.2, 0.25) is 0 Å². The summed E-state index contributed by atoms with van der Waals surface area (Å²) in [7, 11) is 1.94. The second-order valence-electron chi connectivity index (χ2n) is 5.02. The monoisotopic (exact) mass is 222 g/mol. The minimum Gasteiger partial charge on any atom is -0.312 e. The van der Waals surface area contributed by atoms with Gasteiger partial charge in [-0.05, 0) is 36.9 Å². The van der Waals surface area contributed by atoms with Gasteiger partial charge in [-0.1, -0.05) is 19.8 Å². The van der Waals surface area contributed by atoms with Crippen LogP contribution >= 0.6 is 0 Å². The van der Waals surface area contributed by atoms with Crippen molar-refractivity contribution in [2.24, 2.45) is 5.41 Å². The summed E-state index contributed by atoms with van der Waals surface area (Å²) in [6.45, 7) is 2.28. The smallest absolute Gasteiger partial charge is 0.141 e. The van der Waals surface area contributed by atoms with Gasteiger partial charge in [0, 0.05) is 12.2 Å². The fourth-order valence-corrected chi connectivity index (χ4v) is 2.98. The molecular weight excluding hydrogens is 203 g/mol. The van der Waals surface area contributed by atoms with E-state index in [1.54, 1.807) is 12.3 Å². The molecule has 1 aliphatic rings. The summed E-state index contributed by atoms with van der Waals surface area (Å²) in [5, 5.41) is 3.32. The van der Waals surface area contributed by atoms with Crippen LogP contribution in [-0.2, 0) is 0 Å². The van der Waals surface area contributed by atoms with Crippen LogP contribution in [0.3, 0.4) is 0 Å². The molecule has 1 fully saturated rings. The molecule has 16 heavy (non-hydrogen) atoms. The van der Waals surface area contributed by atoms with E-state index in [1.165, 1.54) is 31.9 Å². The molecule has 1 saturated carbocycles. The Labute approximate surface area is 96.3 Å². The van der Waals surface area contributed by atoms with E-state index in [0.29, 0.717) is 0 Å². The summed E-state index contributed by atoms with van der Waals surface area (Å²) < 4.78 is 13.2. The number of aromatic nitrogens is 1. The zero-order chi connectivity index (χ0) is 11.6. The Hall–Kier alpha value is -0.960. The Bertz CT molecular complexity index is 359. The molecule has 1 aliphatic carbocycles. The third kappa shape index (κ3) is 2.09. The molecule has 0 saturated heterocycles.